The lowest BCUT2D eigenvalue weighted by molar-refractivity contribution is -0.134. The molecule has 0 bridgehead atoms. The van der Waals surface area contributed by atoms with Crippen LogP contribution in [0.5, 0.6) is 5.75 Å². The summed E-state index contributed by atoms with van der Waals surface area (Å²) in [6, 6.07) is 27.6. The summed E-state index contributed by atoms with van der Waals surface area (Å²) in [5.41, 5.74) is 4.96. The van der Waals surface area contributed by atoms with Crippen LogP contribution in [0, 0.1) is 0 Å². The zero-order chi connectivity index (χ0) is 27.4. The van der Waals surface area contributed by atoms with Gasteiger partial charge in [0.25, 0.3) is 5.91 Å². The predicted octanol–water partition coefficient (Wildman–Crippen LogP) is 6.84. The van der Waals surface area contributed by atoms with Gasteiger partial charge < -0.3 is 14.5 Å². The molecular weight excluding hydrogens is 504 g/mol. The molecule has 4 aromatic rings. The largest absolute Gasteiger partial charge is 0.497 e. The molecular formula is C33H34N2O3S. The number of fused-ring (bicyclic) bond motifs is 1. The molecule has 39 heavy (non-hydrogen) atoms. The van der Waals surface area contributed by atoms with Crippen LogP contribution in [0.2, 0.25) is 0 Å². The first kappa shape index (κ1) is 26.7. The normalized spacial score (nSPS) is 15.4. The SMILES string of the molecule is CCC(C)N(CC(=O)N1CCc2sccc2C1c1ccc(OC)cc1)C(=O)c1ccc(-c2ccccc2)cc1. The minimum atomic E-state index is -0.183. The van der Waals surface area contributed by atoms with Gasteiger partial charge in [-0.15, -0.1) is 11.3 Å². The van der Waals surface area contributed by atoms with Gasteiger partial charge in [0.2, 0.25) is 5.91 Å². The number of nitrogens with zero attached hydrogens (tertiary/aromatic N) is 2. The van der Waals surface area contributed by atoms with Crippen LogP contribution in [0.25, 0.3) is 11.1 Å². The quantitative estimate of drug-likeness (QED) is 0.247. The number of hydrogen-bond donors (Lipinski definition) is 0. The Balaban J connectivity index is 1.40. The molecule has 200 valence electrons. The highest BCUT2D eigenvalue weighted by Crippen LogP contribution is 2.38. The van der Waals surface area contributed by atoms with E-state index < -0.39 is 0 Å². The molecule has 3 aromatic carbocycles. The molecule has 0 aliphatic carbocycles. The van der Waals surface area contributed by atoms with Crippen LogP contribution in [0.1, 0.15) is 52.7 Å². The average molecular weight is 539 g/mol. The van der Waals surface area contributed by atoms with Crippen molar-refractivity contribution >= 4 is 23.2 Å². The van der Waals surface area contributed by atoms with Crippen molar-refractivity contribution in [2.75, 3.05) is 20.2 Å². The molecule has 0 saturated heterocycles. The Bertz CT molecular complexity index is 1410. The van der Waals surface area contributed by atoms with E-state index in [0.29, 0.717) is 12.1 Å². The van der Waals surface area contributed by atoms with Crippen LogP contribution in [-0.4, -0.2) is 47.9 Å². The van der Waals surface area contributed by atoms with Crippen molar-refractivity contribution < 1.29 is 14.3 Å². The number of hydrogen-bond acceptors (Lipinski definition) is 4. The molecule has 0 N–H and O–H groups in total. The first-order valence-corrected chi connectivity index (χ1v) is 14.3. The molecule has 5 nitrogen and oxygen atoms in total. The summed E-state index contributed by atoms with van der Waals surface area (Å²) in [6.45, 7) is 4.72. The second-order valence-electron chi connectivity index (χ2n) is 9.95. The fraction of sp³-hybridized carbons (Fsp3) is 0.273. The average Bonchev–Trinajstić information content (AvgIpc) is 3.48. The van der Waals surface area contributed by atoms with Gasteiger partial charge in [-0.25, -0.2) is 0 Å². The smallest absolute Gasteiger partial charge is 0.254 e. The molecule has 5 rings (SSSR count). The van der Waals surface area contributed by atoms with E-state index in [1.54, 1.807) is 23.3 Å². The van der Waals surface area contributed by atoms with Gasteiger partial charge in [0.15, 0.2) is 0 Å². The molecule has 0 saturated carbocycles. The number of benzene rings is 3. The molecule has 1 aromatic heterocycles. The molecule has 1 aliphatic heterocycles. The van der Waals surface area contributed by atoms with Gasteiger partial charge in [-0.2, -0.15) is 0 Å². The molecule has 0 fully saturated rings. The second-order valence-corrected chi connectivity index (χ2v) is 10.9. The van der Waals surface area contributed by atoms with E-state index >= 15 is 0 Å². The summed E-state index contributed by atoms with van der Waals surface area (Å²) in [4.78, 5) is 32.7. The molecule has 0 spiro atoms. The van der Waals surface area contributed by atoms with Crippen molar-refractivity contribution in [2.24, 2.45) is 0 Å². The summed E-state index contributed by atoms with van der Waals surface area (Å²) in [5, 5.41) is 2.10. The molecule has 2 unspecified atom stereocenters. The lowest BCUT2D eigenvalue weighted by Gasteiger charge is -2.38. The van der Waals surface area contributed by atoms with E-state index in [1.807, 2.05) is 85.5 Å². The van der Waals surface area contributed by atoms with E-state index in [-0.39, 0.29) is 30.4 Å². The van der Waals surface area contributed by atoms with Crippen LogP contribution < -0.4 is 4.74 Å². The number of amides is 2. The summed E-state index contributed by atoms with van der Waals surface area (Å²) in [6.07, 6.45) is 1.58. The standard InChI is InChI=1S/C33H34N2O3S/c1-4-23(2)35(33(37)27-12-10-25(11-13-27)24-8-6-5-7-9-24)22-31(36)34-20-18-30-29(19-21-39-30)32(34)26-14-16-28(38-3)17-15-26/h5-17,19,21,23,32H,4,18,20,22H2,1-3H3. The first-order valence-electron chi connectivity index (χ1n) is 13.5. The Kier molecular flexibility index (Phi) is 8.13. The van der Waals surface area contributed by atoms with E-state index in [0.717, 1.165) is 35.3 Å². The van der Waals surface area contributed by atoms with Crippen molar-refractivity contribution in [3.8, 4) is 16.9 Å². The summed E-state index contributed by atoms with van der Waals surface area (Å²) in [7, 11) is 1.65. The zero-order valence-electron chi connectivity index (χ0n) is 22.7. The third-order valence-corrected chi connectivity index (χ3v) is 8.64. The Morgan fingerprint density at radius 2 is 1.67 bits per heavy atom. The van der Waals surface area contributed by atoms with Gasteiger partial charge in [-0.05, 0) is 77.7 Å². The van der Waals surface area contributed by atoms with Gasteiger partial charge in [0.05, 0.1) is 13.2 Å². The molecule has 1 aliphatic rings. The van der Waals surface area contributed by atoms with E-state index in [4.69, 9.17) is 4.74 Å². The van der Waals surface area contributed by atoms with Crippen LogP contribution >= 0.6 is 11.3 Å². The maximum absolute atomic E-state index is 14.0. The van der Waals surface area contributed by atoms with E-state index in [1.165, 1.54) is 10.4 Å². The molecule has 2 atom stereocenters. The van der Waals surface area contributed by atoms with Crippen LogP contribution in [0.3, 0.4) is 0 Å². The lowest BCUT2D eigenvalue weighted by Crippen LogP contribution is -2.49. The number of rotatable bonds is 8. The van der Waals surface area contributed by atoms with Gasteiger partial charge >= 0.3 is 0 Å². The van der Waals surface area contributed by atoms with E-state index in [2.05, 4.69) is 23.6 Å². The first-order chi connectivity index (χ1) is 19.0. The molecule has 2 amide bonds. The van der Waals surface area contributed by atoms with Crippen molar-refractivity contribution in [3.63, 3.8) is 0 Å². The van der Waals surface area contributed by atoms with Crippen molar-refractivity contribution in [1.29, 1.82) is 0 Å². The third-order valence-electron chi connectivity index (χ3n) is 7.65. The fourth-order valence-electron chi connectivity index (χ4n) is 5.22. The monoisotopic (exact) mass is 538 g/mol. The highest BCUT2D eigenvalue weighted by Gasteiger charge is 2.35. The Morgan fingerprint density at radius 3 is 2.33 bits per heavy atom. The Labute approximate surface area is 234 Å². The van der Waals surface area contributed by atoms with E-state index in [9.17, 15) is 9.59 Å². The summed E-state index contributed by atoms with van der Waals surface area (Å²) in [5.74, 6) is 0.624. The molecule has 0 radical (unpaired) electrons. The molecule has 6 heteroatoms. The zero-order valence-corrected chi connectivity index (χ0v) is 23.5. The van der Waals surface area contributed by atoms with Gasteiger partial charge in [-0.3, -0.25) is 9.59 Å². The number of carbonyl (C=O) groups is 2. The third kappa shape index (κ3) is 5.62. The van der Waals surface area contributed by atoms with Crippen LogP contribution in [0.4, 0.5) is 0 Å². The maximum Gasteiger partial charge on any atom is 0.254 e. The summed E-state index contributed by atoms with van der Waals surface area (Å²) >= 11 is 1.74. The van der Waals surface area contributed by atoms with Crippen molar-refractivity contribution in [1.82, 2.24) is 9.80 Å². The topological polar surface area (TPSA) is 49.9 Å². The minimum Gasteiger partial charge on any atom is -0.497 e. The van der Waals surface area contributed by atoms with Crippen LogP contribution in [0.15, 0.2) is 90.3 Å². The number of ether oxygens (including phenoxy) is 1. The van der Waals surface area contributed by atoms with Crippen molar-refractivity contribution in [2.45, 2.75) is 38.8 Å². The summed E-state index contributed by atoms with van der Waals surface area (Å²) < 4.78 is 5.35. The maximum atomic E-state index is 14.0. The van der Waals surface area contributed by atoms with Gasteiger partial charge in [0.1, 0.15) is 12.3 Å². The van der Waals surface area contributed by atoms with Gasteiger partial charge in [0, 0.05) is 23.0 Å². The highest BCUT2D eigenvalue weighted by molar-refractivity contribution is 7.10. The Morgan fingerprint density at radius 1 is 0.974 bits per heavy atom. The Hall–Kier alpha value is -3.90. The lowest BCUT2D eigenvalue weighted by atomic mass is 9.93. The highest BCUT2D eigenvalue weighted by atomic mass is 32.1. The number of thiophene rings is 1. The number of carbonyl (C=O) groups excluding carboxylic acids is 2. The molecule has 2 heterocycles. The second kappa shape index (κ2) is 11.9. The fourth-order valence-corrected chi connectivity index (χ4v) is 6.12. The van der Waals surface area contributed by atoms with Crippen LogP contribution in [-0.2, 0) is 11.2 Å². The minimum absolute atomic E-state index is 0.0396. The van der Waals surface area contributed by atoms with Gasteiger partial charge in [-0.1, -0.05) is 61.5 Å². The number of methoxy groups -OCH3 is 1. The van der Waals surface area contributed by atoms with Crippen molar-refractivity contribution in [3.05, 3.63) is 112 Å². The predicted molar refractivity (Wildman–Crippen MR) is 157 cm³/mol.